The van der Waals surface area contributed by atoms with Crippen molar-refractivity contribution in [3.05, 3.63) is 59.2 Å². The third-order valence-corrected chi connectivity index (χ3v) is 3.90. The number of esters is 1. The van der Waals surface area contributed by atoms with Gasteiger partial charge in [0.15, 0.2) is 5.11 Å². The van der Waals surface area contributed by atoms with Gasteiger partial charge in [-0.2, -0.15) is 0 Å². The molecule has 0 aliphatic carbocycles. The average Bonchev–Trinajstić information content (AvgIpc) is 2.62. The second-order valence-corrected chi connectivity index (χ2v) is 5.77. The fourth-order valence-corrected chi connectivity index (χ4v) is 2.55. The number of rotatable bonds is 6. The van der Waals surface area contributed by atoms with Gasteiger partial charge in [0.25, 0.3) is 0 Å². The van der Waals surface area contributed by atoms with Crippen LogP contribution in [0.5, 0.6) is 5.75 Å². The van der Waals surface area contributed by atoms with Gasteiger partial charge < -0.3 is 20.1 Å². The van der Waals surface area contributed by atoms with E-state index in [1.54, 1.807) is 12.1 Å². The molecule has 0 amide bonds. The molecule has 2 rings (SSSR count). The zero-order valence-electron chi connectivity index (χ0n) is 14.6. The molecule has 0 bridgehead atoms. The van der Waals surface area contributed by atoms with Crippen molar-refractivity contribution in [2.75, 3.05) is 19.0 Å². The van der Waals surface area contributed by atoms with Crippen LogP contribution in [0.3, 0.4) is 0 Å². The second kappa shape index (κ2) is 9.03. The van der Waals surface area contributed by atoms with E-state index in [1.165, 1.54) is 7.11 Å². The van der Waals surface area contributed by atoms with E-state index in [2.05, 4.69) is 10.6 Å². The van der Waals surface area contributed by atoms with Crippen molar-refractivity contribution in [2.45, 2.75) is 20.4 Å². The first-order valence-corrected chi connectivity index (χ1v) is 8.40. The molecule has 2 aromatic rings. The van der Waals surface area contributed by atoms with E-state index in [1.807, 2.05) is 44.2 Å². The highest BCUT2D eigenvalue weighted by Crippen LogP contribution is 2.19. The number of thiocarbonyl (C=S) groups is 1. The summed E-state index contributed by atoms with van der Waals surface area (Å²) in [4.78, 5) is 11.8. The summed E-state index contributed by atoms with van der Waals surface area (Å²) in [5.41, 5.74) is 3.13. The second-order valence-electron chi connectivity index (χ2n) is 5.36. The van der Waals surface area contributed by atoms with E-state index in [0.717, 1.165) is 22.6 Å². The number of methoxy groups -OCH3 is 1. The minimum atomic E-state index is -0.368. The van der Waals surface area contributed by atoms with Crippen molar-refractivity contribution in [3.63, 3.8) is 0 Å². The van der Waals surface area contributed by atoms with Crippen LogP contribution < -0.4 is 15.4 Å². The number of hydrogen-bond acceptors (Lipinski definition) is 4. The summed E-state index contributed by atoms with van der Waals surface area (Å²) in [5, 5.41) is 6.75. The van der Waals surface area contributed by atoms with Crippen LogP contribution >= 0.6 is 12.2 Å². The maximum Gasteiger partial charge on any atom is 0.338 e. The molecule has 6 heteroatoms. The Hall–Kier alpha value is -2.60. The summed E-state index contributed by atoms with van der Waals surface area (Å²) >= 11 is 5.35. The molecule has 132 valence electrons. The highest BCUT2D eigenvalue weighted by Gasteiger charge is 2.12. The molecule has 5 nitrogen and oxygen atoms in total. The third-order valence-electron chi connectivity index (χ3n) is 3.65. The molecule has 2 aromatic carbocycles. The largest absolute Gasteiger partial charge is 0.494 e. The maximum atomic E-state index is 11.8. The van der Waals surface area contributed by atoms with Crippen molar-refractivity contribution in [1.29, 1.82) is 0 Å². The van der Waals surface area contributed by atoms with E-state index in [0.29, 0.717) is 23.8 Å². The van der Waals surface area contributed by atoms with Crippen molar-refractivity contribution >= 4 is 29.0 Å². The lowest BCUT2D eigenvalue weighted by Crippen LogP contribution is -2.28. The van der Waals surface area contributed by atoms with Gasteiger partial charge in [0, 0.05) is 12.2 Å². The Morgan fingerprint density at radius 2 is 1.96 bits per heavy atom. The number of hydrogen-bond donors (Lipinski definition) is 2. The molecule has 0 saturated carbocycles. The molecular formula is C19H22N2O3S. The average molecular weight is 358 g/mol. The molecule has 25 heavy (non-hydrogen) atoms. The standard InChI is InChI=1S/C19H22N2O3S/c1-4-24-15-8-5-7-14(11-15)12-20-19(25)21-17-10-6-9-16(13(17)2)18(22)23-3/h5-11H,4,12H2,1-3H3,(H2,20,21,25). The van der Waals surface area contributed by atoms with Crippen molar-refractivity contribution < 1.29 is 14.3 Å². The Labute approximate surface area is 153 Å². The topological polar surface area (TPSA) is 59.6 Å². The van der Waals surface area contributed by atoms with Gasteiger partial charge in [-0.3, -0.25) is 0 Å². The molecule has 0 saturated heterocycles. The molecular weight excluding hydrogens is 336 g/mol. The summed E-state index contributed by atoms with van der Waals surface area (Å²) in [6.07, 6.45) is 0. The van der Waals surface area contributed by atoms with E-state index >= 15 is 0 Å². The fraction of sp³-hybridized carbons (Fsp3) is 0.263. The summed E-state index contributed by atoms with van der Waals surface area (Å²) < 4.78 is 10.3. The highest BCUT2D eigenvalue weighted by molar-refractivity contribution is 7.80. The van der Waals surface area contributed by atoms with Crippen LogP contribution in [0.2, 0.25) is 0 Å². The molecule has 0 atom stereocenters. The van der Waals surface area contributed by atoms with Crippen molar-refractivity contribution in [2.24, 2.45) is 0 Å². The van der Waals surface area contributed by atoms with E-state index in [9.17, 15) is 4.79 Å². The van der Waals surface area contributed by atoms with Gasteiger partial charge in [-0.1, -0.05) is 18.2 Å². The number of anilines is 1. The number of nitrogens with one attached hydrogen (secondary N) is 2. The molecule has 2 N–H and O–H groups in total. The lowest BCUT2D eigenvalue weighted by atomic mass is 10.1. The van der Waals surface area contributed by atoms with Gasteiger partial charge in [-0.25, -0.2) is 4.79 Å². The maximum absolute atomic E-state index is 11.8. The van der Waals surface area contributed by atoms with Gasteiger partial charge >= 0.3 is 5.97 Å². The monoisotopic (exact) mass is 358 g/mol. The van der Waals surface area contributed by atoms with E-state index in [-0.39, 0.29) is 5.97 Å². The first-order chi connectivity index (χ1) is 12.0. The van der Waals surface area contributed by atoms with Gasteiger partial charge in [-0.15, -0.1) is 0 Å². The van der Waals surface area contributed by atoms with Crippen LogP contribution in [-0.2, 0) is 11.3 Å². The highest BCUT2D eigenvalue weighted by atomic mass is 32.1. The van der Waals surface area contributed by atoms with Crippen molar-refractivity contribution in [1.82, 2.24) is 5.32 Å². The molecule has 0 radical (unpaired) electrons. The zero-order chi connectivity index (χ0) is 18.2. The molecule has 0 heterocycles. The Morgan fingerprint density at radius 3 is 2.68 bits per heavy atom. The predicted molar refractivity (Wildman–Crippen MR) is 103 cm³/mol. The molecule has 0 unspecified atom stereocenters. The lowest BCUT2D eigenvalue weighted by molar-refractivity contribution is 0.0600. The predicted octanol–water partition coefficient (Wildman–Crippen LogP) is 3.67. The third kappa shape index (κ3) is 5.19. The smallest absolute Gasteiger partial charge is 0.338 e. The summed E-state index contributed by atoms with van der Waals surface area (Å²) in [6, 6.07) is 13.2. The molecule has 0 aliphatic heterocycles. The van der Waals surface area contributed by atoms with Gasteiger partial charge in [0.05, 0.1) is 19.3 Å². The molecule has 0 aromatic heterocycles. The Balaban J connectivity index is 1.99. The zero-order valence-corrected chi connectivity index (χ0v) is 15.4. The van der Waals surface area contributed by atoms with Crippen LogP contribution in [0, 0.1) is 6.92 Å². The lowest BCUT2D eigenvalue weighted by Gasteiger charge is -2.14. The summed E-state index contributed by atoms with van der Waals surface area (Å²) in [7, 11) is 1.37. The minimum absolute atomic E-state index is 0.368. The summed E-state index contributed by atoms with van der Waals surface area (Å²) in [6.45, 7) is 5.01. The Morgan fingerprint density at radius 1 is 1.20 bits per heavy atom. The molecule has 0 aliphatic rings. The number of ether oxygens (including phenoxy) is 2. The summed E-state index contributed by atoms with van der Waals surface area (Å²) in [5.74, 6) is 0.468. The van der Waals surface area contributed by atoms with E-state index < -0.39 is 0 Å². The Bertz CT molecular complexity index is 762. The van der Waals surface area contributed by atoms with Crippen LogP contribution in [0.15, 0.2) is 42.5 Å². The van der Waals surface area contributed by atoms with E-state index in [4.69, 9.17) is 21.7 Å². The number of benzene rings is 2. The van der Waals surface area contributed by atoms with Crippen LogP contribution in [-0.4, -0.2) is 24.8 Å². The van der Waals surface area contributed by atoms with Crippen LogP contribution in [0.1, 0.15) is 28.4 Å². The van der Waals surface area contributed by atoms with Crippen molar-refractivity contribution in [3.8, 4) is 5.75 Å². The minimum Gasteiger partial charge on any atom is -0.494 e. The van der Waals surface area contributed by atoms with Crippen LogP contribution in [0.4, 0.5) is 5.69 Å². The molecule has 0 spiro atoms. The Kier molecular flexibility index (Phi) is 6.77. The first kappa shape index (κ1) is 18.7. The molecule has 0 fully saturated rings. The van der Waals surface area contributed by atoms with Gasteiger partial charge in [0.2, 0.25) is 0 Å². The SMILES string of the molecule is CCOc1cccc(CNC(=S)Nc2cccc(C(=O)OC)c2C)c1. The fourth-order valence-electron chi connectivity index (χ4n) is 2.36. The van der Waals surface area contributed by atoms with Crippen LogP contribution in [0.25, 0.3) is 0 Å². The van der Waals surface area contributed by atoms with Gasteiger partial charge in [-0.05, 0) is 61.5 Å². The number of carbonyl (C=O) groups excluding carboxylic acids is 1. The van der Waals surface area contributed by atoms with Gasteiger partial charge in [0.1, 0.15) is 5.75 Å². The number of carbonyl (C=O) groups is 1. The normalized spacial score (nSPS) is 10.0. The quantitative estimate of drug-likeness (QED) is 0.607. The first-order valence-electron chi connectivity index (χ1n) is 7.99.